The number of benzene rings is 1. The molecule has 1 aromatic carbocycles. The summed E-state index contributed by atoms with van der Waals surface area (Å²) in [6.45, 7) is 2.80. The number of nitrogens with zero attached hydrogens (tertiary/aromatic N) is 1. The lowest BCUT2D eigenvalue weighted by molar-refractivity contribution is 0.0171. The van der Waals surface area contributed by atoms with Crippen molar-refractivity contribution in [2.24, 2.45) is 10.7 Å². The van der Waals surface area contributed by atoms with Crippen molar-refractivity contribution in [1.82, 2.24) is 0 Å². The normalized spacial score (nSPS) is 17.0. The number of nitrogens with one attached hydrogen (secondary N) is 1. The van der Waals surface area contributed by atoms with Crippen molar-refractivity contribution in [3.63, 3.8) is 0 Å². The number of hydrogen-bond acceptors (Lipinski definition) is 5. The van der Waals surface area contributed by atoms with Crippen molar-refractivity contribution in [3.05, 3.63) is 18.2 Å². The van der Waals surface area contributed by atoms with Crippen LogP contribution in [0.25, 0.3) is 0 Å². The highest BCUT2D eigenvalue weighted by atomic mass is 127. The number of hydrogen-bond donors (Lipinski definition) is 2. The molecule has 0 radical (unpaired) electrons. The van der Waals surface area contributed by atoms with Gasteiger partial charge in [-0.05, 0) is 31.4 Å². The molecular weight excluding hydrogens is 437 g/mol. The molecular formula is C17H28IN3O4. The average molecular weight is 465 g/mol. The van der Waals surface area contributed by atoms with Crippen molar-refractivity contribution < 1.29 is 18.9 Å². The molecule has 0 aromatic heterocycles. The van der Waals surface area contributed by atoms with Crippen LogP contribution in [0.1, 0.15) is 19.3 Å². The van der Waals surface area contributed by atoms with Gasteiger partial charge in [-0.15, -0.1) is 24.0 Å². The molecule has 0 amide bonds. The van der Waals surface area contributed by atoms with Gasteiger partial charge < -0.3 is 30.0 Å². The van der Waals surface area contributed by atoms with E-state index in [1.165, 1.54) is 0 Å². The second-order valence-corrected chi connectivity index (χ2v) is 5.53. The molecule has 1 aliphatic rings. The average Bonchev–Trinajstić information content (AvgIpc) is 3.11. The van der Waals surface area contributed by atoms with Gasteiger partial charge in [-0.2, -0.15) is 0 Å². The summed E-state index contributed by atoms with van der Waals surface area (Å²) in [5.74, 6) is 1.67. The Bertz CT molecular complexity index is 537. The molecule has 0 bridgehead atoms. The summed E-state index contributed by atoms with van der Waals surface area (Å²) < 4.78 is 21.5. The first kappa shape index (κ1) is 21.8. The third-order valence-electron chi connectivity index (χ3n) is 3.71. The smallest absolute Gasteiger partial charge is 0.193 e. The molecule has 1 aromatic rings. The van der Waals surface area contributed by atoms with E-state index in [0.29, 0.717) is 37.2 Å². The fraction of sp³-hybridized carbons (Fsp3) is 0.588. The van der Waals surface area contributed by atoms with E-state index in [1.54, 1.807) is 14.2 Å². The van der Waals surface area contributed by atoms with Crippen molar-refractivity contribution in [2.75, 3.05) is 45.9 Å². The van der Waals surface area contributed by atoms with Crippen LogP contribution in [-0.4, -0.2) is 52.6 Å². The van der Waals surface area contributed by atoms with Gasteiger partial charge in [0.25, 0.3) is 0 Å². The zero-order chi connectivity index (χ0) is 17.2. The first-order chi connectivity index (χ1) is 11.7. The monoisotopic (exact) mass is 465 g/mol. The molecule has 7 nitrogen and oxygen atoms in total. The molecule has 0 saturated carbocycles. The number of anilines is 1. The Hall–Kier alpha value is -1.26. The summed E-state index contributed by atoms with van der Waals surface area (Å²) in [5.41, 5.74) is 6.68. The lowest BCUT2D eigenvalue weighted by Gasteiger charge is -2.11. The molecule has 1 fully saturated rings. The quantitative estimate of drug-likeness (QED) is 0.253. The molecule has 2 rings (SSSR count). The standard InChI is InChI=1S/C17H27N3O4.HI/c1-21-15-7-6-13(11-16(15)22-2)20-17(18)19-8-4-9-23-12-14-5-3-10-24-14;/h6-7,11,14H,3-5,8-10,12H2,1-2H3,(H3,18,19,20);1H. The lowest BCUT2D eigenvalue weighted by atomic mass is 10.2. The van der Waals surface area contributed by atoms with Gasteiger partial charge in [0.05, 0.1) is 26.9 Å². The van der Waals surface area contributed by atoms with Crippen molar-refractivity contribution in [3.8, 4) is 11.5 Å². The molecule has 142 valence electrons. The van der Waals surface area contributed by atoms with Gasteiger partial charge in [0.15, 0.2) is 17.5 Å². The molecule has 0 aliphatic carbocycles. The van der Waals surface area contributed by atoms with Gasteiger partial charge in [0.2, 0.25) is 0 Å². The summed E-state index contributed by atoms with van der Waals surface area (Å²) in [5, 5.41) is 3.03. The minimum atomic E-state index is 0. The lowest BCUT2D eigenvalue weighted by Crippen LogP contribution is -2.23. The third-order valence-corrected chi connectivity index (χ3v) is 3.71. The van der Waals surface area contributed by atoms with E-state index in [9.17, 15) is 0 Å². The van der Waals surface area contributed by atoms with Crippen LogP contribution >= 0.6 is 24.0 Å². The Morgan fingerprint density at radius 3 is 2.80 bits per heavy atom. The molecule has 0 spiro atoms. The highest BCUT2D eigenvalue weighted by Gasteiger charge is 2.14. The Kier molecular flexibility index (Phi) is 10.6. The van der Waals surface area contributed by atoms with E-state index in [2.05, 4.69) is 10.3 Å². The third kappa shape index (κ3) is 7.66. The van der Waals surface area contributed by atoms with E-state index in [-0.39, 0.29) is 30.1 Å². The maximum atomic E-state index is 5.89. The number of nitrogens with two attached hydrogens (primary N) is 1. The summed E-state index contributed by atoms with van der Waals surface area (Å²) in [7, 11) is 3.19. The Balaban J connectivity index is 0.00000312. The summed E-state index contributed by atoms with van der Waals surface area (Å²) in [6, 6.07) is 5.48. The second-order valence-electron chi connectivity index (χ2n) is 5.53. The molecule has 1 atom stereocenters. The number of halogens is 1. The van der Waals surface area contributed by atoms with Crippen LogP contribution in [0.2, 0.25) is 0 Å². The zero-order valence-electron chi connectivity index (χ0n) is 14.8. The topological polar surface area (TPSA) is 87.3 Å². The van der Waals surface area contributed by atoms with Crippen LogP contribution in [0, 0.1) is 0 Å². The molecule has 25 heavy (non-hydrogen) atoms. The molecule has 1 aliphatic heterocycles. The van der Waals surface area contributed by atoms with Crippen molar-refractivity contribution in [2.45, 2.75) is 25.4 Å². The first-order valence-corrected chi connectivity index (χ1v) is 8.21. The van der Waals surface area contributed by atoms with Crippen LogP contribution in [0.4, 0.5) is 5.69 Å². The highest BCUT2D eigenvalue weighted by Crippen LogP contribution is 2.29. The van der Waals surface area contributed by atoms with Gasteiger partial charge in [-0.25, -0.2) is 0 Å². The van der Waals surface area contributed by atoms with Gasteiger partial charge in [0.1, 0.15) is 0 Å². The van der Waals surface area contributed by atoms with Crippen molar-refractivity contribution in [1.29, 1.82) is 0 Å². The zero-order valence-corrected chi connectivity index (χ0v) is 17.2. The van der Waals surface area contributed by atoms with Gasteiger partial charge in [0, 0.05) is 31.5 Å². The Labute approximate surface area is 166 Å². The number of methoxy groups -OCH3 is 2. The van der Waals surface area contributed by atoms with E-state index in [4.69, 9.17) is 24.7 Å². The van der Waals surface area contributed by atoms with Crippen LogP contribution in [0.15, 0.2) is 23.2 Å². The van der Waals surface area contributed by atoms with Crippen molar-refractivity contribution >= 4 is 35.6 Å². The maximum Gasteiger partial charge on any atom is 0.193 e. The summed E-state index contributed by atoms with van der Waals surface area (Å²) in [6.07, 6.45) is 3.32. The largest absolute Gasteiger partial charge is 0.493 e. The van der Waals surface area contributed by atoms with Crippen LogP contribution in [0.5, 0.6) is 11.5 Å². The van der Waals surface area contributed by atoms with Crippen LogP contribution in [0.3, 0.4) is 0 Å². The van der Waals surface area contributed by atoms with Gasteiger partial charge in [-0.3, -0.25) is 4.99 Å². The fourth-order valence-electron chi connectivity index (χ4n) is 2.46. The summed E-state index contributed by atoms with van der Waals surface area (Å²) >= 11 is 0. The maximum absolute atomic E-state index is 5.89. The predicted octanol–water partition coefficient (Wildman–Crippen LogP) is 2.63. The molecule has 1 heterocycles. The van der Waals surface area contributed by atoms with E-state index in [0.717, 1.165) is 31.6 Å². The van der Waals surface area contributed by atoms with Gasteiger partial charge >= 0.3 is 0 Å². The van der Waals surface area contributed by atoms with E-state index in [1.807, 2.05) is 18.2 Å². The number of rotatable bonds is 9. The Morgan fingerprint density at radius 1 is 1.32 bits per heavy atom. The molecule has 1 saturated heterocycles. The number of aliphatic imine (C=N–C) groups is 1. The minimum absolute atomic E-state index is 0. The van der Waals surface area contributed by atoms with Crippen LogP contribution in [-0.2, 0) is 9.47 Å². The predicted molar refractivity (Wildman–Crippen MR) is 109 cm³/mol. The number of ether oxygens (including phenoxy) is 4. The Morgan fingerprint density at radius 2 is 2.12 bits per heavy atom. The SMILES string of the molecule is COc1ccc(NC(N)=NCCCOCC2CCCO2)cc1OC.I. The second kappa shape index (κ2) is 12.2. The molecule has 1 unspecified atom stereocenters. The van der Waals surface area contributed by atoms with E-state index < -0.39 is 0 Å². The highest BCUT2D eigenvalue weighted by molar-refractivity contribution is 14.0. The van der Waals surface area contributed by atoms with E-state index >= 15 is 0 Å². The first-order valence-electron chi connectivity index (χ1n) is 8.21. The minimum Gasteiger partial charge on any atom is -0.493 e. The fourth-order valence-corrected chi connectivity index (χ4v) is 2.46. The number of guanidine groups is 1. The molecule has 3 N–H and O–H groups in total. The van der Waals surface area contributed by atoms with Gasteiger partial charge in [-0.1, -0.05) is 0 Å². The van der Waals surface area contributed by atoms with Crippen LogP contribution < -0.4 is 20.5 Å². The summed E-state index contributed by atoms with van der Waals surface area (Å²) in [4.78, 5) is 4.29. The molecule has 8 heteroatoms.